The minimum atomic E-state index is -1.21. The number of non-ortho nitro benzene ring substituents is 1. The van der Waals surface area contributed by atoms with Crippen molar-refractivity contribution >= 4 is 73.7 Å². The maximum Gasteiger partial charge on any atom is 0.397 e. The topological polar surface area (TPSA) is 240 Å². The van der Waals surface area contributed by atoms with Crippen LogP contribution in [0.4, 0.5) is 28.4 Å². The maximum atomic E-state index is 11.7. The molecule has 0 aromatic heterocycles. The molecule has 2 N–H and O–H groups in total. The van der Waals surface area contributed by atoms with Gasteiger partial charge in [-0.2, -0.15) is 0 Å². The van der Waals surface area contributed by atoms with E-state index in [-0.39, 0.29) is 41.0 Å². The highest BCUT2D eigenvalue weighted by Gasteiger charge is 2.28. The molecule has 0 radical (unpaired) electrons. The van der Waals surface area contributed by atoms with Gasteiger partial charge >= 0.3 is 35.1 Å². The van der Waals surface area contributed by atoms with E-state index in [2.05, 4.69) is 20.1 Å². The lowest BCUT2D eigenvalue weighted by Gasteiger charge is -2.08. The average molecular weight is 622 g/mol. The number of nitro benzene ring substituents is 3. The molecule has 4 rings (SSSR count). The van der Waals surface area contributed by atoms with Crippen LogP contribution in [-0.4, -0.2) is 51.7 Å². The fraction of sp³-hybridized carbons (Fsp3) is 0.143. The first-order valence-corrected chi connectivity index (χ1v) is 12.9. The lowest BCUT2D eigenvalue weighted by Crippen LogP contribution is -2.25. The summed E-state index contributed by atoms with van der Waals surface area (Å²) in [4.78, 5) is 77.5. The molecule has 232 valence electrons. The molecule has 45 heavy (non-hydrogen) atoms. The first kappa shape index (κ1) is 33.0. The summed E-state index contributed by atoms with van der Waals surface area (Å²) in [6.07, 6.45) is 0. The molecule has 0 atom stereocenters. The van der Waals surface area contributed by atoms with Crippen LogP contribution in [0.1, 0.15) is 13.8 Å². The summed E-state index contributed by atoms with van der Waals surface area (Å²) < 4.78 is 9.04. The molecule has 2 amide bonds. The standard InChI is InChI=1S/C14H11N3O7.C14H12N2O5/c1-2-24-14(19)13(18)15-9-7-6-8-4-3-5-10(16(20)21)11(8)12(9)17(22)23;1-2-21-14(18)13(17)15-11-8-7-9-5-3-4-6-10(9)12(11)16(19)20/h3-7H,2H2,1H3,(H,15,18);3-8H,2H2,1H3,(H,15,17). The Morgan fingerprint density at radius 1 is 0.622 bits per heavy atom. The zero-order valence-electron chi connectivity index (χ0n) is 23.5. The number of carbonyl (C=O) groups is 4. The predicted molar refractivity (Wildman–Crippen MR) is 158 cm³/mol. The second-order valence-corrected chi connectivity index (χ2v) is 8.64. The number of rotatable bonds is 7. The predicted octanol–water partition coefficient (Wildman–Crippen LogP) is 4.41. The van der Waals surface area contributed by atoms with Crippen molar-refractivity contribution in [3.05, 3.63) is 97.1 Å². The quantitative estimate of drug-likeness (QED) is 0.126. The fourth-order valence-corrected chi connectivity index (χ4v) is 4.08. The fourth-order valence-electron chi connectivity index (χ4n) is 4.08. The number of hydrogen-bond donors (Lipinski definition) is 2. The number of esters is 2. The van der Waals surface area contributed by atoms with Crippen LogP contribution in [0.15, 0.2) is 66.7 Å². The number of anilines is 2. The Kier molecular flexibility index (Phi) is 10.7. The zero-order valence-corrected chi connectivity index (χ0v) is 23.5. The van der Waals surface area contributed by atoms with Gasteiger partial charge in [-0.25, -0.2) is 9.59 Å². The molecular weight excluding hydrogens is 598 g/mol. The van der Waals surface area contributed by atoms with Gasteiger partial charge in [0.15, 0.2) is 0 Å². The third-order valence-corrected chi connectivity index (χ3v) is 5.88. The van der Waals surface area contributed by atoms with Crippen molar-refractivity contribution in [2.75, 3.05) is 23.8 Å². The molecule has 0 bridgehead atoms. The van der Waals surface area contributed by atoms with Gasteiger partial charge in [0.1, 0.15) is 16.8 Å². The molecule has 4 aromatic carbocycles. The number of amides is 2. The van der Waals surface area contributed by atoms with Crippen molar-refractivity contribution < 1.29 is 43.4 Å². The number of hydrogen-bond acceptors (Lipinski definition) is 12. The van der Waals surface area contributed by atoms with Crippen LogP contribution < -0.4 is 10.6 Å². The Hall–Kier alpha value is -6.52. The summed E-state index contributed by atoms with van der Waals surface area (Å²) in [6.45, 7) is 3.06. The van der Waals surface area contributed by atoms with E-state index in [9.17, 15) is 49.5 Å². The van der Waals surface area contributed by atoms with Gasteiger partial charge in [-0.3, -0.25) is 39.9 Å². The van der Waals surface area contributed by atoms with Gasteiger partial charge in [0.05, 0.1) is 33.4 Å². The van der Waals surface area contributed by atoms with Crippen LogP contribution in [0.5, 0.6) is 0 Å². The highest BCUT2D eigenvalue weighted by atomic mass is 16.6. The number of nitrogens with zero attached hydrogens (tertiary/aromatic N) is 3. The van der Waals surface area contributed by atoms with Crippen molar-refractivity contribution in [2.45, 2.75) is 13.8 Å². The molecule has 17 nitrogen and oxygen atoms in total. The van der Waals surface area contributed by atoms with Crippen LogP contribution in [0.3, 0.4) is 0 Å². The third kappa shape index (κ3) is 7.66. The number of carbonyl (C=O) groups excluding carboxylic acids is 4. The van der Waals surface area contributed by atoms with E-state index in [1.54, 1.807) is 37.3 Å². The van der Waals surface area contributed by atoms with Gasteiger partial charge < -0.3 is 20.1 Å². The Bertz CT molecular complexity index is 1860. The minimum Gasteiger partial charge on any atom is -0.459 e. The highest BCUT2D eigenvalue weighted by molar-refractivity contribution is 6.38. The minimum absolute atomic E-state index is 0.0441. The van der Waals surface area contributed by atoms with Crippen LogP contribution >= 0.6 is 0 Å². The van der Waals surface area contributed by atoms with Gasteiger partial charge in [-0.05, 0) is 42.8 Å². The molecule has 0 heterocycles. The first-order valence-electron chi connectivity index (χ1n) is 12.9. The van der Waals surface area contributed by atoms with Crippen LogP contribution in [-0.2, 0) is 28.7 Å². The molecule has 0 unspecified atom stereocenters. The number of fused-ring (bicyclic) bond motifs is 2. The van der Waals surface area contributed by atoms with Crippen molar-refractivity contribution in [3.63, 3.8) is 0 Å². The summed E-state index contributed by atoms with van der Waals surface area (Å²) in [7, 11) is 0. The van der Waals surface area contributed by atoms with Gasteiger partial charge in [0.25, 0.3) is 5.69 Å². The van der Waals surface area contributed by atoms with Crippen LogP contribution in [0.2, 0.25) is 0 Å². The number of ether oxygens (including phenoxy) is 2. The average Bonchev–Trinajstić information content (AvgIpc) is 3.00. The summed E-state index contributed by atoms with van der Waals surface area (Å²) in [5, 5.41) is 39.1. The third-order valence-electron chi connectivity index (χ3n) is 5.88. The molecule has 0 saturated carbocycles. The first-order chi connectivity index (χ1) is 21.4. The summed E-state index contributed by atoms with van der Waals surface area (Å²) in [5.74, 6) is -4.55. The van der Waals surface area contributed by atoms with Crippen LogP contribution in [0, 0.1) is 30.3 Å². The number of nitrogens with one attached hydrogen (secondary N) is 2. The highest BCUT2D eigenvalue weighted by Crippen LogP contribution is 2.39. The van der Waals surface area contributed by atoms with Crippen molar-refractivity contribution in [2.24, 2.45) is 0 Å². The monoisotopic (exact) mass is 621 g/mol. The lowest BCUT2D eigenvalue weighted by atomic mass is 10.1. The molecule has 4 aromatic rings. The van der Waals surface area contributed by atoms with Gasteiger partial charge in [0, 0.05) is 6.07 Å². The maximum absolute atomic E-state index is 11.7. The van der Waals surface area contributed by atoms with E-state index < -0.39 is 49.9 Å². The molecule has 0 aliphatic carbocycles. The largest absolute Gasteiger partial charge is 0.459 e. The van der Waals surface area contributed by atoms with E-state index >= 15 is 0 Å². The van der Waals surface area contributed by atoms with Crippen molar-refractivity contribution in [1.29, 1.82) is 0 Å². The SMILES string of the molecule is CCOC(=O)C(=O)Nc1ccc2cccc([N+](=O)[O-])c2c1[N+](=O)[O-].CCOC(=O)C(=O)Nc1ccc2ccccc2c1[N+](=O)[O-]. The van der Waals surface area contributed by atoms with Gasteiger partial charge in [-0.1, -0.05) is 42.5 Å². The van der Waals surface area contributed by atoms with Gasteiger partial charge in [0.2, 0.25) is 0 Å². The zero-order chi connectivity index (χ0) is 33.3. The second kappa shape index (κ2) is 14.6. The van der Waals surface area contributed by atoms with E-state index in [0.29, 0.717) is 10.8 Å². The Morgan fingerprint density at radius 2 is 1.11 bits per heavy atom. The van der Waals surface area contributed by atoms with E-state index in [1.807, 2.05) is 0 Å². The summed E-state index contributed by atoms with van der Waals surface area (Å²) in [6, 6.07) is 16.3. The molecule has 0 aliphatic rings. The summed E-state index contributed by atoms with van der Waals surface area (Å²) >= 11 is 0. The van der Waals surface area contributed by atoms with Crippen molar-refractivity contribution in [1.82, 2.24) is 0 Å². The Morgan fingerprint density at radius 3 is 1.62 bits per heavy atom. The van der Waals surface area contributed by atoms with E-state index in [1.165, 1.54) is 37.3 Å². The molecule has 0 saturated heterocycles. The normalized spacial score (nSPS) is 10.2. The Balaban J connectivity index is 0.000000248. The van der Waals surface area contributed by atoms with Crippen molar-refractivity contribution in [3.8, 4) is 0 Å². The Labute approximate surface area is 252 Å². The molecule has 17 heteroatoms. The van der Waals surface area contributed by atoms with Gasteiger partial charge in [-0.15, -0.1) is 0 Å². The molecule has 0 fully saturated rings. The summed E-state index contributed by atoms with van der Waals surface area (Å²) in [5.41, 5.74) is -1.79. The smallest absolute Gasteiger partial charge is 0.397 e. The van der Waals surface area contributed by atoms with Crippen LogP contribution in [0.25, 0.3) is 21.5 Å². The van der Waals surface area contributed by atoms with E-state index in [4.69, 9.17) is 0 Å². The van der Waals surface area contributed by atoms with E-state index in [0.717, 1.165) is 6.07 Å². The lowest BCUT2D eigenvalue weighted by molar-refractivity contribution is -0.389. The number of benzene rings is 4. The second-order valence-electron chi connectivity index (χ2n) is 8.64. The number of nitro groups is 3. The molecule has 0 spiro atoms. The molecule has 0 aliphatic heterocycles. The molecular formula is C28H23N5O12.